The number of rotatable bonds is 4. The molecule has 1 aromatic rings. The first-order valence-corrected chi connectivity index (χ1v) is 4.32. The molecule has 15 heavy (non-hydrogen) atoms. The highest BCUT2D eigenvalue weighted by atomic mass is 16.5. The zero-order chi connectivity index (χ0) is 11.3. The summed E-state index contributed by atoms with van der Waals surface area (Å²) in [5.74, 6) is -0.452. The molecule has 0 aliphatic heterocycles. The molecule has 0 saturated heterocycles. The second kappa shape index (κ2) is 4.99. The van der Waals surface area contributed by atoms with Gasteiger partial charge in [0.25, 0.3) is 0 Å². The first-order valence-electron chi connectivity index (χ1n) is 4.32. The summed E-state index contributed by atoms with van der Waals surface area (Å²) in [6, 6.07) is 3.30. The van der Waals surface area contributed by atoms with Crippen LogP contribution in [-0.4, -0.2) is 23.2 Å². The Balaban J connectivity index is 2.83. The maximum absolute atomic E-state index is 10.3. The molecule has 80 valence electrons. The number of methoxy groups -OCH3 is 1. The lowest BCUT2D eigenvalue weighted by molar-refractivity contribution is -0.135. The van der Waals surface area contributed by atoms with Gasteiger partial charge in [0, 0.05) is 6.07 Å². The molecule has 0 radical (unpaired) electrons. The fourth-order valence-electron chi connectivity index (χ4n) is 0.986. The van der Waals surface area contributed by atoms with Gasteiger partial charge >= 0.3 is 5.97 Å². The average molecular weight is 208 g/mol. The van der Waals surface area contributed by atoms with Crippen molar-refractivity contribution in [2.24, 2.45) is 0 Å². The summed E-state index contributed by atoms with van der Waals surface area (Å²) in [5, 5.41) is 8.43. The normalized spacial score (nSPS) is 10.5. The SMILES string of the molecule is COc1ccc(N)c(C=CCC(=O)O)n1. The van der Waals surface area contributed by atoms with Crippen molar-refractivity contribution in [3.63, 3.8) is 0 Å². The molecule has 1 aromatic heterocycles. The molecule has 0 saturated carbocycles. The highest BCUT2D eigenvalue weighted by Crippen LogP contribution is 2.15. The molecule has 0 spiro atoms. The van der Waals surface area contributed by atoms with E-state index in [2.05, 4.69) is 4.98 Å². The van der Waals surface area contributed by atoms with E-state index in [4.69, 9.17) is 15.6 Å². The fraction of sp³-hybridized carbons (Fsp3) is 0.200. The van der Waals surface area contributed by atoms with Gasteiger partial charge in [-0.15, -0.1) is 0 Å². The number of nitrogen functional groups attached to an aromatic ring is 1. The molecular formula is C10H12N2O3. The molecule has 0 amide bonds. The average Bonchev–Trinajstić information content (AvgIpc) is 2.20. The molecule has 3 N–H and O–H groups in total. The summed E-state index contributed by atoms with van der Waals surface area (Å²) in [7, 11) is 1.50. The summed E-state index contributed by atoms with van der Waals surface area (Å²) in [4.78, 5) is 14.3. The molecule has 0 unspecified atom stereocenters. The highest BCUT2D eigenvalue weighted by Gasteiger charge is 1.99. The van der Waals surface area contributed by atoms with E-state index in [0.717, 1.165) is 0 Å². The number of nitrogens with two attached hydrogens (primary N) is 1. The van der Waals surface area contributed by atoms with Crippen molar-refractivity contribution in [3.05, 3.63) is 23.9 Å². The van der Waals surface area contributed by atoms with E-state index in [1.54, 1.807) is 18.2 Å². The second-order valence-corrected chi connectivity index (χ2v) is 2.83. The number of pyridine rings is 1. The Kier molecular flexibility index (Phi) is 3.68. The van der Waals surface area contributed by atoms with E-state index < -0.39 is 5.97 Å². The van der Waals surface area contributed by atoms with E-state index in [0.29, 0.717) is 17.3 Å². The number of carbonyl (C=O) groups is 1. The van der Waals surface area contributed by atoms with Gasteiger partial charge in [0.2, 0.25) is 5.88 Å². The Hall–Kier alpha value is -2.04. The predicted molar refractivity (Wildman–Crippen MR) is 56.5 cm³/mol. The van der Waals surface area contributed by atoms with Crippen molar-refractivity contribution < 1.29 is 14.6 Å². The van der Waals surface area contributed by atoms with Crippen LogP contribution in [0.2, 0.25) is 0 Å². The van der Waals surface area contributed by atoms with Crippen molar-refractivity contribution >= 4 is 17.7 Å². The van der Waals surface area contributed by atoms with E-state index >= 15 is 0 Å². The quantitative estimate of drug-likeness (QED) is 0.775. The van der Waals surface area contributed by atoms with Crippen molar-refractivity contribution in [2.45, 2.75) is 6.42 Å². The van der Waals surface area contributed by atoms with Crippen LogP contribution in [0.1, 0.15) is 12.1 Å². The second-order valence-electron chi connectivity index (χ2n) is 2.83. The Bertz CT molecular complexity index is 388. The Morgan fingerprint density at radius 2 is 2.40 bits per heavy atom. The van der Waals surface area contributed by atoms with E-state index in [9.17, 15) is 4.79 Å². The van der Waals surface area contributed by atoms with Gasteiger partial charge in [0.15, 0.2) is 0 Å². The molecule has 0 fully saturated rings. The number of anilines is 1. The first-order chi connectivity index (χ1) is 7.13. The molecular weight excluding hydrogens is 196 g/mol. The lowest BCUT2D eigenvalue weighted by Gasteiger charge is -2.02. The van der Waals surface area contributed by atoms with E-state index in [-0.39, 0.29) is 6.42 Å². The molecule has 0 bridgehead atoms. The van der Waals surface area contributed by atoms with Gasteiger partial charge in [0.1, 0.15) is 0 Å². The number of hydrogen-bond donors (Lipinski definition) is 2. The number of hydrogen-bond acceptors (Lipinski definition) is 4. The largest absolute Gasteiger partial charge is 0.481 e. The molecule has 0 atom stereocenters. The first kappa shape index (κ1) is 11.0. The van der Waals surface area contributed by atoms with Gasteiger partial charge in [-0.05, 0) is 12.1 Å². The standard InChI is InChI=1S/C10H12N2O3/c1-15-9-6-5-7(11)8(12-9)3-2-4-10(13)14/h2-3,5-6H,4,11H2,1H3,(H,13,14). The molecule has 0 aliphatic rings. The third-order valence-electron chi connectivity index (χ3n) is 1.71. The van der Waals surface area contributed by atoms with Crippen molar-refractivity contribution in [2.75, 3.05) is 12.8 Å². The maximum Gasteiger partial charge on any atom is 0.307 e. The number of carboxylic acid groups (broad SMARTS) is 1. The maximum atomic E-state index is 10.3. The van der Waals surface area contributed by atoms with Gasteiger partial charge in [0.05, 0.1) is 24.9 Å². The van der Waals surface area contributed by atoms with Crippen LogP contribution >= 0.6 is 0 Å². The van der Waals surface area contributed by atoms with Gasteiger partial charge in [-0.3, -0.25) is 4.79 Å². The van der Waals surface area contributed by atoms with Crippen LogP contribution < -0.4 is 10.5 Å². The van der Waals surface area contributed by atoms with Crippen LogP contribution in [0.25, 0.3) is 6.08 Å². The lowest BCUT2D eigenvalue weighted by Crippen LogP contribution is -1.96. The summed E-state index contributed by atoms with van der Waals surface area (Å²) >= 11 is 0. The van der Waals surface area contributed by atoms with Gasteiger partial charge in [-0.2, -0.15) is 0 Å². The highest BCUT2D eigenvalue weighted by molar-refractivity contribution is 5.71. The topological polar surface area (TPSA) is 85.4 Å². The number of carboxylic acids is 1. The Morgan fingerprint density at radius 1 is 1.67 bits per heavy atom. The summed E-state index contributed by atoms with van der Waals surface area (Å²) in [5.41, 5.74) is 6.64. The lowest BCUT2D eigenvalue weighted by atomic mass is 10.2. The molecule has 0 aliphatic carbocycles. The van der Waals surface area contributed by atoms with Crippen LogP contribution in [0.5, 0.6) is 5.88 Å². The molecule has 5 heteroatoms. The van der Waals surface area contributed by atoms with Crippen molar-refractivity contribution in [1.29, 1.82) is 0 Å². The third kappa shape index (κ3) is 3.30. The minimum Gasteiger partial charge on any atom is -0.481 e. The minimum atomic E-state index is -0.896. The van der Waals surface area contributed by atoms with Crippen LogP contribution in [0.15, 0.2) is 18.2 Å². The predicted octanol–water partition coefficient (Wildman–Crippen LogP) is 1.16. The number of aliphatic carboxylic acids is 1. The van der Waals surface area contributed by atoms with Gasteiger partial charge in [-0.1, -0.05) is 6.08 Å². The van der Waals surface area contributed by atoms with Crippen LogP contribution in [0, 0.1) is 0 Å². The summed E-state index contributed by atoms with van der Waals surface area (Å²) < 4.78 is 4.92. The zero-order valence-corrected chi connectivity index (χ0v) is 8.30. The van der Waals surface area contributed by atoms with Gasteiger partial charge in [-0.25, -0.2) is 4.98 Å². The van der Waals surface area contributed by atoms with Crippen molar-refractivity contribution in [3.8, 4) is 5.88 Å². The van der Waals surface area contributed by atoms with Gasteiger partial charge < -0.3 is 15.6 Å². The Labute approximate surface area is 87.2 Å². The number of ether oxygens (including phenoxy) is 1. The summed E-state index contributed by atoms with van der Waals surface area (Å²) in [6.07, 6.45) is 2.99. The van der Waals surface area contributed by atoms with E-state index in [1.165, 1.54) is 13.2 Å². The monoisotopic (exact) mass is 208 g/mol. The Morgan fingerprint density at radius 3 is 3.00 bits per heavy atom. The van der Waals surface area contributed by atoms with Crippen LogP contribution in [0.4, 0.5) is 5.69 Å². The fourth-order valence-corrected chi connectivity index (χ4v) is 0.986. The van der Waals surface area contributed by atoms with E-state index in [1.807, 2.05) is 0 Å². The number of nitrogens with zero attached hydrogens (tertiary/aromatic N) is 1. The zero-order valence-electron chi connectivity index (χ0n) is 8.30. The molecule has 1 heterocycles. The smallest absolute Gasteiger partial charge is 0.307 e. The molecule has 1 rings (SSSR count). The van der Waals surface area contributed by atoms with Crippen molar-refractivity contribution in [1.82, 2.24) is 4.98 Å². The van der Waals surface area contributed by atoms with Crippen LogP contribution in [-0.2, 0) is 4.79 Å². The summed E-state index contributed by atoms with van der Waals surface area (Å²) in [6.45, 7) is 0. The minimum absolute atomic E-state index is 0.0572. The molecule has 5 nitrogen and oxygen atoms in total. The van der Waals surface area contributed by atoms with Crippen LogP contribution in [0.3, 0.4) is 0 Å². The molecule has 0 aromatic carbocycles. The third-order valence-corrected chi connectivity index (χ3v) is 1.71. The number of aromatic nitrogens is 1.